The van der Waals surface area contributed by atoms with Gasteiger partial charge in [-0.25, -0.2) is 4.98 Å². The first kappa shape index (κ1) is 17.6. The normalized spacial score (nSPS) is 16.6. The molecule has 0 saturated carbocycles. The third-order valence-corrected chi connectivity index (χ3v) is 4.38. The van der Waals surface area contributed by atoms with Gasteiger partial charge in [0.1, 0.15) is 11.9 Å². The second-order valence-electron chi connectivity index (χ2n) is 7.53. The van der Waals surface area contributed by atoms with Gasteiger partial charge in [-0.1, -0.05) is 0 Å². The third-order valence-electron chi connectivity index (χ3n) is 4.38. The number of carbonyl (C=O) groups is 1. The monoisotopic (exact) mass is 346 g/mol. The van der Waals surface area contributed by atoms with Crippen LogP contribution in [0.15, 0.2) is 18.7 Å². The number of rotatable bonds is 4. The number of aromatic nitrogens is 4. The highest BCUT2D eigenvalue weighted by atomic mass is 16.6. The number of fused-ring (bicyclic) bond motifs is 1. The van der Waals surface area contributed by atoms with E-state index in [9.17, 15) is 4.79 Å². The summed E-state index contributed by atoms with van der Waals surface area (Å²) in [6, 6.07) is 0.362. The average molecular weight is 346 g/mol. The smallest absolute Gasteiger partial charge is 0.320 e. The Balaban J connectivity index is 1.56. The number of anilines is 1. The topological polar surface area (TPSA) is 75.9 Å². The first-order valence-corrected chi connectivity index (χ1v) is 8.65. The summed E-state index contributed by atoms with van der Waals surface area (Å²) in [4.78, 5) is 20.8. The lowest BCUT2D eigenvalue weighted by Gasteiger charge is -2.37. The molecule has 0 amide bonds. The minimum absolute atomic E-state index is 0.174. The molecule has 25 heavy (non-hydrogen) atoms. The van der Waals surface area contributed by atoms with Crippen LogP contribution in [0.25, 0.3) is 5.65 Å². The maximum atomic E-state index is 12.0. The van der Waals surface area contributed by atoms with Crippen LogP contribution in [0.1, 0.15) is 33.6 Å². The molecule has 8 nitrogen and oxygen atoms in total. The van der Waals surface area contributed by atoms with Crippen LogP contribution in [0, 0.1) is 0 Å². The van der Waals surface area contributed by atoms with E-state index in [4.69, 9.17) is 4.74 Å². The quantitative estimate of drug-likeness (QED) is 0.774. The lowest BCUT2D eigenvalue weighted by Crippen LogP contribution is -2.46. The molecule has 1 saturated heterocycles. The molecule has 0 bridgehead atoms. The second-order valence-corrected chi connectivity index (χ2v) is 7.53. The number of likely N-dealkylation sites (N-methyl/N-ethyl adjacent to an activating group) is 1. The van der Waals surface area contributed by atoms with Gasteiger partial charge in [0.15, 0.2) is 5.82 Å². The van der Waals surface area contributed by atoms with Gasteiger partial charge in [0.2, 0.25) is 5.65 Å². The van der Waals surface area contributed by atoms with Gasteiger partial charge in [-0.2, -0.15) is 0 Å². The van der Waals surface area contributed by atoms with Crippen LogP contribution in [0.2, 0.25) is 0 Å². The summed E-state index contributed by atoms with van der Waals surface area (Å²) >= 11 is 0. The molecular formula is C17H26N6O2. The summed E-state index contributed by atoms with van der Waals surface area (Å²) in [6.45, 7) is 7.75. The van der Waals surface area contributed by atoms with Crippen molar-refractivity contribution in [1.29, 1.82) is 0 Å². The maximum Gasteiger partial charge on any atom is 0.320 e. The zero-order valence-corrected chi connectivity index (χ0v) is 15.3. The van der Waals surface area contributed by atoms with Crippen LogP contribution in [-0.4, -0.2) is 68.8 Å². The van der Waals surface area contributed by atoms with Gasteiger partial charge < -0.3 is 9.64 Å². The molecule has 1 fully saturated rings. The number of esters is 1. The first-order valence-electron chi connectivity index (χ1n) is 8.65. The molecule has 3 heterocycles. The van der Waals surface area contributed by atoms with Gasteiger partial charge >= 0.3 is 5.97 Å². The van der Waals surface area contributed by atoms with Gasteiger partial charge in [0.25, 0.3) is 0 Å². The molecule has 0 aliphatic carbocycles. The van der Waals surface area contributed by atoms with Crippen LogP contribution in [-0.2, 0) is 9.53 Å². The number of hydrogen-bond donors (Lipinski definition) is 0. The number of nitrogens with zero attached hydrogens (tertiary/aromatic N) is 6. The molecule has 0 unspecified atom stereocenters. The highest BCUT2D eigenvalue weighted by molar-refractivity contribution is 5.72. The van der Waals surface area contributed by atoms with E-state index in [-0.39, 0.29) is 5.97 Å². The molecule has 0 atom stereocenters. The van der Waals surface area contributed by atoms with E-state index < -0.39 is 5.60 Å². The summed E-state index contributed by atoms with van der Waals surface area (Å²) < 4.78 is 7.29. The van der Waals surface area contributed by atoms with Gasteiger partial charge in [0, 0.05) is 31.5 Å². The van der Waals surface area contributed by atoms with Crippen LogP contribution >= 0.6 is 0 Å². The zero-order valence-electron chi connectivity index (χ0n) is 15.3. The van der Waals surface area contributed by atoms with Gasteiger partial charge in [-0.3, -0.25) is 14.1 Å². The van der Waals surface area contributed by atoms with Crippen molar-refractivity contribution in [3.05, 3.63) is 18.7 Å². The molecule has 1 aliphatic heterocycles. The van der Waals surface area contributed by atoms with Gasteiger partial charge in [0.05, 0.1) is 6.54 Å². The van der Waals surface area contributed by atoms with Crippen molar-refractivity contribution < 1.29 is 9.53 Å². The van der Waals surface area contributed by atoms with E-state index in [0.717, 1.165) is 37.4 Å². The van der Waals surface area contributed by atoms with E-state index in [0.29, 0.717) is 12.6 Å². The zero-order chi connectivity index (χ0) is 18.0. The molecule has 136 valence electrons. The number of hydrogen-bond acceptors (Lipinski definition) is 7. The van der Waals surface area contributed by atoms with Crippen molar-refractivity contribution in [3.63, 3.8) is 0 Å². The van der Waals surface area contributed by atoms with Gasteiger partial charge in [-0.15, -0.1) is 10.2 Å². The van der Waals surface area contributed by atoms with Gasteiger partial charge in [-0.05, 0) is 40.7 Å². The Labute approximate surface area is 147 Å². The Morgan fingerprint density at radius 1 is 1.36 bits per heavy atom. The van der Waals surface area contributed by atoms with Crippen molar-refractivity contribution in [1.82, 2.24) is 24.5 Å². The van der Waals surface area contributed by atoms with Crippen molar-refractivity contribution >= 4 is 17.4 Å². The summed E-state index contributed by atoms with van der Waals surface area (Å²) in [5.74, 6) is 0.695. The van der Waals surface area contributed by atoms with Crippen molar-refractivity contribution in [2.24, 2.45) is 0 Å². The molecule has 0 aromatic carbocycles. The highest BCUT2D eigenvalue weighted by Gasteiger charge is 2.27. The molecule has 0 spiro atoms. The third kappa shape index (κ3) is 4.25. The van der Waals surface area contributed by atoms with E-state index in [1.165, 1.54) is 0 Å². The van der Waals surface area contributed by atoms with E-state index in [1.54, 1.807) is 12.5 Å². The maximum absolute atomic E-state index is 12.0. The lowest BCUT2D eigenvalue weighted by atomic mass is 10.0. The fraction of sp³-hybridized carbons (Fsp3) is 0.647. The van der Waals surface area contributed by atoms with E-state index in [1.807, 2.05) is 38.4 Å². The summed E-state index contributed by atoms with van der Waals surface area (Å²) in [6.07, 6.45) is 7.24. The standard InChI is InChI=1S/C17H26N6O2/c1-17(2,3)25-14(24)11-21(4)13-5-8-22(9-6-13)15-16-20-19-12-23(16)10-7-18-15/h7,10,12-13H,5-6,8-9,11H2,1-4H3. The number of piperidine rings is 1. The Hall–Kier alpha value is -2.22. The molecule has 0 radical (unpaired) electrons. The highest BCUT2D eigenvalue weighted by Crippen LogP contribution is 2.23. The molecule has 1 aliphatic rings. The van der Waals surface area contributed by atoms with Crippen molar-refractivity contribution in [2.45, 2.75) is 45.3 Å². The number of ether oxygens (including phenoxy) is 1. The molecule has 8 heteroatoms. The average Bonchev–Trinajstić information content (AvgIpc) is 3.01. The SMILES string of the molecule is CN(CC(=O)OC(C)(C)C)C1CCN(c2nccn3cnnc23)CC1. The fourth-order valence-electron chi connectivity index (χ4n) is 3.19. The fourth-order valence-corrected chi connectivity index (χ4v) is 3.19. The molecule has 2 aromatic rings. The summed E-state index contributed by atoms with van der Waals surface area (Å²) in [5, 5.41) is 8.11. The molecule has 3 rings (SSSR count). The van der Waals surface area contributed by atoms with Crippen molar-refractivity contribution in [3.8, 4) is 0 Å². The molecule has 2 aromatic heterocycles. The minimum atomic E-state index is -0.441. The predicted octanol–water partition coefficient (Wildman–Crippen LogP) is 1.37. The van der Waals surface area contributed by atoms with Crippen LogP contribution in [0.3, 0.4) is 0 Å². The Bertz CT molecular complexity index is 730. The predicted molar refractivity (Wildman–Crippen MR) is 94.5 cm³/mol. The molecule has 0 N–H and O–H groups in total. The van der Waals surface area contributed by atoms with Crippen LogP contribution in [0.4, 0.5) is 5.82 Å². The van der Waals surface area contributed by atoms with Crippen molar-refractivity contribution in [2.75, 3.05) is 31.6 Å². The second kappa shape index (κ2) is 6.95. The summed E-state index contributed by atoms with van der Waals surface area (Å²) in [5.41, 5.74) is 0.340. The Morgan fingerprint density at radius 2 is 2.08 bits per heavy atom. The Kier molecular flexibility index (Phi) is 4.89. The lowest BCUT2D eigenvalue weighted by molar-refractivity contribution is -0.156. The number of carbonyl (C=O) groups excluding carboxylic acids is 1. The summed E-state index contributed by atoms with van der Waals surface area (Å²) in [7, 11) is 1.99. The van der Waals surface area contributed by atoms with E-state index in [2.05, 4.69) is 25.0 Å². The minimum Gasteiger partial charge on any atom is -0.459 e. The molecular weight excluding hydrogens is 320 g/mol. The van der Waals surface area contributed by atoms with E-state index >= 15 is 0 Å². The first-order chi connectivity index (χ1) is 11.8. The van der Waals surface area contributed by atoms with Crippen LogP contribution < -0.4 is 4.90 Å². The van der Waals surface area contributed by atoms with Crippen LogP contribution in [0.5, 0.6) is 0 Å². The Morgan fingerprint density at radius 3 is 2.76 bits per heavy atom. The largest absolute Gasteiger partial charge is 0.459 e.